The molecule has 0 aliphatic heterocycles. The molecule has 0 atom stereocenters. The van der Waals surface area contributed by atoms with Crippen LogP contribution in [-0.2, 0) is 32.9 Å². The van der Waals surface area contributed by atoms with Crippen molar-refractivity contribution in [3.8, 4) is 33.6 Å². The number of fused-ring (bicyclic) bond motifs is 3. The molecule has 0 amide bonds. The average molecular weight is 980 g/mol. The topological polar surface area (TPSA) is 38.9 Å². The number of halogens is 1. The number of furan rings is 1. The number of rotatable bonds is 8. The summed E-state index contributed by atoms with van der Waals surface area (Å²) in [6.45, 7) is 0. The summed E-state index contributed by atoms with van der Waals surface area (Å²) in [5, 5.41) is 1.27. The first-order valence-corrected chi connectivity index (χ1v) is 27.7. The maximum Gasteiger partial charge on any atom is 0 e. The van der Waals surface area contributed by atoms with Crippen LogP contribution in [0.5, 0.6) is 0 Å². The Morgan fingerprint density at radius 3 is 2.20 bits per heavy atom. The third-order valence-electron chi connectivity index (χ3n) is 11.7. The molecule has 1 radical (unpaired) electrons. The molecule has 4 aromatic carbocycles. The zero-order chi connectivity index (χ0) is 37.8. The second-order valence-corrected chi connectivity index (χ2v) is 27.3. The standard InChI is InChI=1S/C30H25FNO.C20H26GeN.Ir/c31-26-14-13-24(27-18-21(15-16-32-27)17-20-7-3-1-4-8-20)30-29(26)25-12-11-23(19-28(25)33-30)22-9-5-2-6-10-22;1-21(2,3)19-15-22-20(17-11-5-4-6-12-17)14-18(19)13-16-9-7-8-10-16;/h2,5-6,9-12,14-16,18-20H,1,3-4,7-8,17H2;4-6,11,14-16H,7-10,13H2,1-3H3;/q2*-1;. The number of aromatic nitrogens is 2. The van der Waals surface area contributed by atoms with E-state index in [0.717, 1.165) is 51.7 Å². The van der Waals surface area contributed by atoms with E-state index in [1.807, 2.05) is 54.7 Å². The molecule has 9 rings (SSSR count). The summed E-state index contributed by atoms with van der Waals surface area (Å²) in [4.78, 5) is 9.37. The monoisotopic (exact) mass is 981 g/mol. The van der Waals surface area contributed by atoms with Crippen LogP contribution >= 0.6 is 0 Å². The quantitative estimate of drug-likeness (QED) is 0.112. The second kappa shape index (κ2) is 18.1. The fraction of sp³-hybridized carbons (Fsp3) is 0.320. The molecule has 3 nitrogen and oxygen atoms in total. The molecule has 6 heteroatoms. The largest absolute Gasteiger partial charge is 0 e. The Labute approximate surface area is 348 Å². The van der Waals surface area contributed by atoms with E-state index in [9.17, 15) is 4.39 Å². The molecule has 2 saturated carbocycles. The van der Waals surface area contributed by atoms with Gasteiger partial charge in [0.15, 0.2) is 0 Å². The van der Waals surface area contributed by atoms with Gasteiger partial charge in [-0.3, -0.25) is 4.39 Å². The van der Waals surface area contributed by atoms with Crippen molar-refractivity contribution in [3.63, 3.8) is 0 Å². The molecule has 0 spiro atoms. The number of nitrogens with zero attached hydrogens (tertiary/aromatic N) is 2. The van der Waals surface area contributed by atoms with Gasteiger partial charge in [-0.2, -0.15) is 0 Å². The predicted octanol–water partition coefficient (Wildman–Crippen LogP) is 13.2. The van der Waals surface area contributed by atoms with Crippen LogP contribution in [0.15, 0.2) is 114 Å². The first-order valence-electron chi connectivity index (χ1n) is 20.3. The number of pyridine rings is 2. The summed E-state index contributed by atoms with van der Waals surface area (Å²) in [5.41, 5.74) is 9.88. The third-order valence-corrected chi connectivity index (χ3v) is 16.0. The van der Waals surface area contributed by atoms with E-state index in [4.69, 9.17) is 9.40 Å². The van der Waals surface area contributed by atoms with Crippen molar-refractivity contribution in [2.75, 3.05) is 0 Å². The van der Waals surface area contributed by atoms with Crippen molar-refractivity contribution < 1.29 is 28.9 Å². The molecule has 7 aromatic rings. The normalized spacial score (nSPS) is 15.1. The van der Waals surface area contributed by atoms with Crippen LogP contribution in [0.1, 0.15) is 68.9 Å². The van der Waals surface area contributed by atoms with E-state index >= 15 is 0 Å². The molecular weight excluding hydrogens is 928 g/mol. The summed E-state index contributed by atoms with van der Waals surface area (Å²) in [6.07, 6.45) is 18.6. The Morgan fingerprint density at radius 1 is 0.732 bits per heavy atom. The Morgan fingerprint density at radius 2 is 1.46 bits per heavy atom. The van der Waals surface area contributed by atoms with Gasteiger partial charge in [0.25, 0.3) is 0 Å². The van der Waals surface area contributed by atoms with Gasteiger partial charge in [0.2, 0.25) is 0 Å². The number of hydrogen-bond donors (Lipinski definition) is 0. The molecule has 2 aliphatic carbocycles. The molecule has 0 saturated heterocycles. The van der Waals surface area contributed by atoms with Gasteiger partial charge in [-0.1, -0.05) is 91.8 Å². The third kappa shape index (κ3) is 9.28. The van der Waals surface area contributed by atoms with Crippen LogP contribution in [0.4, 0.5) is 4.39 Å². The Bertz CT molecular complexity index is 2370. The van der Waals surface area contributed by atoms with E-state index in [0.29, 0.717) is 22.1 Å². The molecule has 2 fully saturated rings. The van der Waals surface area contributed by atoms with Crippen LogP contribution in [0.3, 0.4) is 0 Å². The first-order chi connectivity index (χ1) is 26.8. The molecule has 289 valence electrons. The van der Waals surface area contributed by atoms with Gasteiger partial charge in [-0.15, -0.1) is 12.1 Å². The summed E-state index contributed by atoms with van der Waals surface area (Å²) in [6, 6.07) is 38.7. The minimum Gasteiger partial charge on any atom is 0 e. The maximum absolute atomic E-state index is 14.9. The van der Waals surface area contributed by atoms with Crippen molar-refractivity contribution in [1.82, 2.24) is 9.97 Å². The summed E-state index contributed by atoms with van der Waals surface area (Å²) < 4.78 is 22.8. The minimum atomic E-state index is -1.87. The van der Waals surface area contributed by atoms with Gasteiger partial charge < -0.3 is 9.40 Å². The maximum atomic E-state index is 14.9. The summed E-state index contributed by atoms with van der Waals surface area (Å²) in [7, 11) is 0. The fourth-order valence-electron chi connectivity index (χ4n) is 8.81. The van der Waals surface area contributed by atoms with Crippen LogP contribution in [-0.4, -0.2) is 23.2 Å². The van der Waals surface area contributed by atoms with Gasteiger partial charge >= 0.3 is 137 Å². The fourth-order valence-corrected chi connectivity index (χ4v) is 12.1. The van der Waals surface area contributed by atoms with Gasteiger partial charge in [-0.05, 0) is 46.7 Å². The van der Waals surface area contributed by atoms with E-state index in [1.165, 1.54) is 75.8 Å². The Balaban J connectivity index is 0.000000183. The van der Waals surface area contributed by atoms with Crippen molar-refractivity contribution in [2.45, 2.75) is 87.9 Å². The van der Waals surface area contributed by atoms with Crippen molar-refractivity contribution in [1.29, 1.82) is 0 Å². The Hall–Kier alpha value is -3.90. The van der Waals surface area contributed by atoms with Crippen molar-refractivity contribution in [3.05, 3.63) is 139 Å². The smallest absolute Gasteiger partial charge is 0 e. The van der Waals surface area contributed by atoms with Crippen LogP contribution in [0.25, 0.3) is 55.6 Å². The zero-order valence-corrected chi connectivity index (χ0v) is 37.3. The van der Waals surface area contributed by atoms with Gasteiger partial charge in [0, 0.05) is 37.5 Å². The minimum absolute atomic E-state index is 0. The molecule has 3 aromatic heterocycles. The summed E-state index contributed by atoms with van der Waals surface area (Å²) >= 11 is -1.87. The van der Waals surface area contributed by atoms with Gasteiger partial charge in [0.05, 0.1) is 5.58 Å². The van der Waals surface area contributed by atoms with E-state index < -0.39 is 13.3 Å². The van der Waals surface area contributed by atoms with E-state index in [2.05, 4.69) is 83.0 Å². The van der Waals surface area contributed by atoms with Crippen LogP contribution in [0, 0.1) is 29.8 Å². The van der Waals surface area contributed by atoms with Gasteiger partial charge in [-0.25, -0.2) is 0 Å². The van der Waals surface area contributed by atoms with E-state index in [1.54, 1.807) is 9.96 Å². The van der Waals surface area contributed by atoms with Crippen LogP contribution in [0.2, 0.25) is 17.3 Å². The summed E-state index contributed by atoms with van der Waals surface area (Å²) in [5.74, 6) is 8.74. The second-order valence-electron chi connectivity index (χ2n) is 16.8. The van der Waals surface area contributed by atoms with Crippen molar-refractivity contribution >= 4 is 39.6 Å². The zero-order valence-electron chi connectivity index (χ0n) is 32.8. The number of benzene rings is 4. The van der Waals surface area contributed by atoms with Gasteiger partial charge in [0.1, 0.15) is 5.58 Å². The molecule has 0 N–H and O–H groups in total. The predicted molar refractivity (Wildman–Crippen MR) is 229 cm³/mol. The van der Waals surface area contributed by atoms with Crippen LogP contribution < -0.4 is 4.40 Å². The molecular formula is C50H51FGeIrN2O-2. The SMILES string of the molecule is Fc1c[c-]c(-c2cc(CC3CCCCC3)ccn2)c2oc3cc(-c4ccccc4)ccc3c12.[CH3][Ge]([CH3])([CH3])[c]1cnc(-c2[c-]cccc2)cc1CC1CCCC1.[Ir]. The molecule has 3 heterocycles. The molecule has 0 bridgehead atoms. The first kappa shape index (κ1) is 40.3. The molecule has 56 heavy (non-hydrogen) atoms. The molecule has 2 aliphatic rings. The number of hydrogen-bond acceptors (Lipinski definition) is 3. The Kier molecular flexibility index (Phi) is 13.1. The van der Waals surface area contributed by atoms with E-state index in [-0.39, 0.29) is 25.9 Å². The van der Waals surface area contributed by atoms with Crippen molar-refractivity contribution in [2.24, 2.45) is 11.8 Å². The molecule has 0 unspecified atom stereocenters. The average Bonchev–Trinajstić information content (AvgIpc) is 3.87.